The van der Waals surface area contributed by atoms with Crippen molar-refractivity contribution in [2.45, 2.75) is 19.1 Å². The number of para-hydroxylation sites is 1. The number of hydrogen-bond acceptors (Lipinski definition) is 3. The molecule has 32 heavy (non-hydrogen) atoms. The van der Waals surface area contributed by atoms with Crippen molar-refractivity contribution in [1.29, 1.82) is 0 Å². The Balaban J connectivity index is 1.26. The van der Waals surface area contributed by atoms with Gasteiger partial charge in [-0.05, 0) is 41.8 Å². The Morgan fingerprint density at radius 3 is 2.47 bits per heavy atom. The van der Waals surface area contributed by atoms with Crippen LogP contribution in [0.3, 0.4) is 0 Å². The molecule has 0 atom stereocenters. The quantitative estimate of drug-likeness (QED) is 0.622. The summed E-state index contributed by atoms with van der Waals surface area (Å²) in [5.74, 6) is -0.154. The zero-order chi connectivity index (χ0) is 22.6. The zero-order valence-electron chi connectivity index (χ0n) is 17.3. The van der Waals surface area contributed by atoms with E-state index in [1.54, 1.807) is 0 Å². The van der Waals surface area contributed by atoms with Gasteiger partial charge >= 0.3 is 6.18 Å². The number of rotatable bonds is 6. The molecule has 1 amide bonds. The molecular weight excluding hydrogens is 417 g/mol. The van der Waals surface area contributed by atoms with E-state index in [4.69, 9.17) is 0 Å². The third-order valence-electron chi connectivity index (χ3n) is 5.41. The SMILES string of the molecule is O=C(CN1CC=C(c2cnn(-c3ccccc3)c2)CC1)NCc1ccc(C(F)(F)F)cc1. The molecular formula is C24H23F3N4O. The average molecular weight is 440 g/mol. The maximum atomic E-state index is 12.6. The topological polar surface area (TPSA) is 50.2 Å². The molecule has 4 rings (SSSR count). The van der Waals surface area contributed by atoms with Crippen LogP contribution in [0, 0.1) is 0 Å². The van der Waals surface area contributed by atoms with Crippen molar-refractivity contribution in [2.75, 3.05) is 19.6 Å². The van der Waals surface area contributed by atoms with Gasteiger partial charge < -0.3 is 5.32 Å². The normalized spacial score (nSPS) is 14.8. The number of amides is 1. The first-order valence-electron chi connectivity index (χ1n) is 10.3. The molecule has 0 aliphatic carbocycles. The van der Waals surface area contributed by atoms with E-state index in [9.17, 15) is 18.0 Å². The van der Waals surface area contributed by atoms with Crippen LogP contribution in [0.5, 0.6) is 0 Å². The van der Waals surface area contributed by atoms with E-state index in [-0.39, 0.29) is 19.0 Å². The number of benzene rings is 2. The van der Waals surface area contributed by atoms with Gasteiger partial charge in [-0.2, -0.15) is 18.3 Å². The number of nitrogens with zero attached hydrogens (tertiary/aromatic N) is 3. The Hall–Kier alpha value is -3.39. The van der Waals surface area contributed by atoms with Crippen LogP contribution < -0.4 is 5.32 Å². The van der Waals surface area contributed by atoms with Gasteiger partial charge in [0.05, 0.1) is 24.0 Å². The highest BCUT2D eigenvalue weighted by Crippen LogP contribution is 2.29. The Labute approximate surface area is 184 Å². The largest absolute Gasteiger partial charge is 0.416 e. The summed E-state index contributed by atoms with van der Waals surface area (Å²) in [5.41, 5.74) is 3.20. The van der Waals surface area contributed by atoms with Gasteiger partial charge in [0.15, 0.2) is 0 Å². The molecule has 166 valence electrons. The van der Waals surface area contributed by atoms with Gasteiger partial charge in [-0.15, -0.1) is 0 Å². The van der Waals surface area contributed by atoms with E-state index in [0.717, 1.165) is 36.3 Å². The summed E-state index contributed by atoms with van der Waals surface area (Å²) in [4.78, 5) is 14.3. The van der Waals surface area contributed by atoms with Gasteiger partial charge in [-0.1, -0.05) is 36.4 Å². The molecule has 3 aromatic rings. The minimum atomic E-state index is -4.36. The molecule has 2 heterocycles. The zero-order valence-corrected chi connectivity index (χ0v) is 17.3. The van der Waals surface area contributed by atoms with Crippen LogP contribution in [0.4, 0.5) is 13.2 Å². The van der Waals surface area contributed by atoms with E-state index in [1.807, 2.05) is 52.3 Å². The molecule has 1 N–H and O–H groups in total. The molecule has 1 aromatic heterocycles. The second-order valence-corrected chi connectivity index (χ2v) is 7.70. The Morgan fingerprint density at radius 2 is 1.81 bits per heavy atom. The van der Waals surface area contributed by atoms with Gasteiger partial charge in [0.2, 0.25) is 5.91 Å². The van der Waals surface area contributed by atoms with Gasteiger partial charge in [-0.3, -0.25) is 9.69 Å². The van der Waals surface area contributed by atoms with Gasteiger partial charge in [0.25, 0.3) is 0 Å². The van der Waals surface area contributed by atoms with Crippen molar-refractivity contribution >= 4 is 11.5 Å². The number of halogens is 3. The molecule has 0 fully saturated rings. The number of carbonyl (C=O) groups is 1. The molecule has 0 saturated heterocycles. The summed E-state index contributed by atoms with van der Waals surface area (Å²) in [6.07, 6.45) is 2.42. The van der Waals surface area contributed by atoms with Crippen LogP contribution in [0.15, 0.2) is 73.1 Å². The summed E-state index contributed by atoms with van der Waals surface area (Å²) in [5, 5.41) is 7.21. The van der Waals surface area contributed by atoms with Crippen LogP contribution in [0.25, 0.3) is 11.3 Å². The Morgan fingerprint density at radius 1 is 1.06 bits per heavy atom. The molecule has 5 nitrogen and oxygen atoms in total. The van der Waals surface area contributed by atoms with Crippen molar-refractivity contribution in [3.8, 4) is 5.69 Å². The first-order chi connectivity index (χ1) is 15.4. The maximum absolute atomic E-state index is 12.6. The molecule has 0 saturated carbocycles. The molecule has 0 unspecified atom stereocenters. The first-order valence-corrected chi connectivity index (χ1v) is 10.3. The van der Waals surface area contributed by atoms with Crippen molar-refractivity contribution in [3.05, 3.63) is 89.8 Å². The Kier molecular flexibility index (Phi) is 6.41. The standard InChI is InChI=1S/C24H23F3N4O/c25-24(26,27)21-8-6-18(7-9-21)14-28-23(32)17-30-12-10-19(11-13-30)20-15-29-31(16-20)22-4-2-1-3-5-22/h1-10,15-16H,11-14,17H2,(H,28,32). The number of carbonyl (C=O) groups excluding carboxylic acids is 1. The predicted octanol–water partition coefficient (Wildman–Crippen LogP) is 4.30. The third-order valence-corrected chi connectivity index (χ3v) is 5.41. The molecule has 1 aliphatic heterocycles. The van der Waals surface area contributed by atoms with Gasteiger partial charge in [0, 0.05) is 31.4 Å². The predicted molar refractivity (Wildman–Crippen MR) is 116 cm³/mol. The fraction of sp³-hybridized carbons (Fsp3) is 0.250. The lowest BCUT2D eigenvalue weighted by Crippen LogP contribution is -2.39. The van der Waals surface area contributed by atoms with Crippen LogP contribution in [-0.2, 0) is 17.5 Å². The van der Waals surface area contributed by atoms with Gasteiger partial charge in [0.1, 0.15) is 0 Å². The second kappa shape index (κ2) is 9.40. The number of alkyl halides is 3. The van der Waals surface area contributed by atoms with Crippen LogP contribution >= 0.6 is 0 Å². The third kappa shape index (κ3) is 5.45. The highest BCUT2D eigenvalue weighted by Gasteiger charge is 2.29. The fourth-order valence-corrected chi connectivity index (χ4v) is 3.60. The maximum Gasteiger partial charge on any atom is 0.416 e. The lowest BCUT2D eigenvalue weighted by atomic mass is 10.0. The van der Waals surface area contributed by atoms with E-state index < -0.39 is 11.7 Å². The molecule has 2 aromatic carbocycles. The molecule has 8 heteroatoms. The van der Waals surface area contributed by atoms with Crippen molar-refractivity contribution < 1.29 is 18.0 Å². The highest BCUT2D eigenvalue weighted by molar-refractivity contribution is 5.78. The molecule has 1 aliphatic rings. The van der Waals surface area contributed by atoms with Crippen molar-refractivity contribution in [3.63, 3.8) is 0 Å². The van der Waals surface area contributed by atoms with E-state index in [1.165, 1.54) is 17.7 Å². The molecule has 0 radical (unpaired) electrons. The van der Waals surface area contributed by atoms with E-state index in [0.29, 0.717) is 12.1 Å². The van der Waals surface area contributed by atoms with Crippen LogP contribution in [0.2, 0.25) is 0 Å². The Bertz CT molecular complexity index is 1090. The first kappa shape index (κ1) is 21.8. The summed E-state index contributed by atoms with van der Waals surface area (Å²) in [6.45, 7) is 1.84. The summed E-state index contributed by atoms with van der Waals surface area (Å²) >= 11 is 0. The van der Waals surface area contributed by atoms with Gasteiger partial charge in [-0.25, -0.2) is 4.68 Å². The van der Waals surface area contributed by atoms with Crippen LogP contribution in [0.1, 0.15) is 23.1 Å². The van der Waals surface area contributed by atoms with Crippen molar-refractivity contribution in [2.24, 2.45) is 0 Å². The number of hydrogen-bond donors (Lipinski definition) is 1. The average Bonchev–Trinajstić information content (AvgIpc) is 3.29. The smallest absolute Gasteiger partial charge is 0.351 e. The molecule has 0 spiro atoms. The number of aromatic nitrogens is 2. The summed E-state index contributed by atoms with van der Waals surface area (Å²) in [7, 11) is 0. The minimum absolute atomic E-state index is 0.154. The van der Waals surface area contributed by atoms with E-state index >= 15 is 0 Å². The summed E-state index contributed by atoms with van der Waals surface area (Å²) in [6, 6.07) is 14.7. The minimum Gasteiger partial charge on any atom is -0.351 e. The van der Waals surface area contributed by atoms with E-state index in [2.05, 4.69) is 16.5 Å². The molecule has 0 bridgehead atoms. The highest BCUT2D eigenvalue weighted by atomic mass is 19.4. The van der Waals surface area contributed by atoms with Crippen molar-refractivity contribution in [1.82, 2.24) is 20.0 Å². The monoisotopic (exact) mass is 440 g/mol. The lowest BCUT2D eigenvalue weighted by Gasteiger charge is -2.25. The number of nitrogens with one attached hydrogen (secondary N) is 1. The lowest BCUT2D eigenvalue weighted by molar-refractivity contribution is -0.137. The fourth-order valence-electron chi connectivity index (χ4n) is 3.60. The second-order valence-electron chi connectivity index (χ2n) is 7.70. The van der Waals surface area contributed by atoms with Crippen LogP contribution in [-0.4, -0.2) is 40.2 Å². The summed E-state index contributed by atoms with van der Waals surface area (Å²) < 4.78 is 39.7.